The summed E-state index contributed by atoms with van der Waals surface area (Å²) in [6.07, 6.45) is 4.04. The highest BCUT2D eigenvalue weighted by Gasteiger charge is 2.56. The van der Waals surface area contributed by atoms with Crippen LogP contribution in [0.1, 0.15) is 130 Å². The molecule has 0 amide bonds. The summed E-state index contributed by atoms with van der Waals surface area (Å²) in [6.45, 7) is 18.8. The second-order valence-corrected chi connectivity index (χ2v) is 13.4. The SMILES string of the molecule is CC.CC1[C@H]2C(=O)CC[C@@H]12.CCOC(=O)C(=O)OCC.CCOC(=O)c1n[nH]c2c1C[C@H]1[C@@H](C)[C@@H]21.CCOC(=O)c1n[nH]c2c1C[C@H]1[C@H](C)[C@@H]21. The van der Waals surface area contributed by atoms with Gasteiger partial charge in [-0.1, -0.05) is 34.6 Å². The van der Waals surface area contributed by atoms with Gasteiger partial charge in [0.15, 0.2) is 11.4 Å². The van der Waals surface area contributed by atoms with E-state index in [1.54, 1.807) is 13.8 Å². The first kappa shape index (κ1) is 38.8. The lowest BCUT2D eigenvalue weighted by molar-refractivity contribution is -0.167. The molecule has 4 saturated carbocycles. The zero-order chi connectivity index (χ0) is 36.9. The molecule has 2 aromatic heterocycles. The molecule has 6 aliphatic rings. The van der Waals surface area contributed by atoms with Crippen LogP contribution in [0.15, 0.2) is 0 Å². The lowest BCUT2D eigenvalue weighted by Crippen LogP contribution is -2.19. The number of aromatic amines is 2. The summed E-state index contributed by atoms with van der Waals surface area (Å²) in [5.41, 5.74) is 5.56. The van der Waals surface area contributed by atoms with E-state index in [9.17, 15) is 24.0 Å². The number of nitrogens with one attached hydrogen (secondary N) is 2. The molecule has 276 valence electrons. The van der Waals surface area contributed by atoms with Gasteiger partial charge in [-0.3, -0.25) is 15.0 Å². The topological polar surface area (TPSA) is 180 Å². The van der Waals surface area contributed by atoms with Crippen LogP contribution in [0.25, 0.3) is 0 Å². The van der Waals surface area contributed by atoms with Gasteiger partial charge in [-0.15, -0.1) is 0 Å². The molecule has 6 aliphatic carbocycles. The minimum Gasteiger partial charge on any atom is -0.461 e. The molecule has 0 aliphatic heterocycles. The van der Waals surface area contributed by atoms with Crippen LogP contribution in [0.5, 0.6) is 0 Å². The highest BCUT2D eigenvalue weighted by molar-refractivity contribution is 6.29. The molecule has 2 aromatic rings. The fourth-order valence-corrected chi connectivity index (χ4v) is 7.98. The quantitative estimate of drug-likeness (QED) is 0.225. The standard InChI is InChI=1S/2C11H14N2O2.C7H10O.C6H10O4.C2H6/c2*1-3-15-11(14)10-7-4-6-5(2)8(6)9(7)12-13-10;1-4-5-2-3-6(8)7(4)5;1-3-9-5(7)6(8)10-4-2;1-2/h2*5-6,8H,3-4H2,1-2H3,(H,12,13);4-5,7H,2-3H2,1H3;3-4H2,1-2H3;1-2H3/t5-,6+,8-;5-,6-,8+;4?,5-,7+;;/m100../s1. The number of carbonyl (C=O) groups excluding carboxylic acids is 5. The predicted octanol–water partition coefficient (Wildman–Crippen LogP) is 5.35. The molecule has 0 radical (unpaired) electrons. The number of ketones is 1. The Morgan fingerprint density at radius 1 is 0.620 bits per heavy atom. The van der Waals surface area contributed by atoms with Crippen molar-refractivity contribution in [3.63, 3.8) is 0 Å². The van der Waals surface area contributed by atoms with E-state index in [1.165, 1.54) is 17.8 Å². The average molecular weight is 699 g/mol. The highest BCUT2D eigenvalue weighted by atomic mass is 16.6. The van der Waals surface area contributed by atoms with E-state index in [-0.39, 0.29) is 25.2 Å². The van der Waals surface area contributed by atoms with Gasteiger partial charge in [0.25, 0.3) is 0 Å². The number of hydrogen-bond acceptors (Lipinski definition) is 11. The Morgan fingerprint density at radius 2 is 1.00 bits per heavy atom. The Labute approximate surface area is 294 Å². The lowest BCUT2D eigenvalue weighted by Gasteiger charge is -2.01. The van der Waals surface area contributed by atoms with Crippen LogP contribution in [-0.2, 0) is 46.2 Å². The summed E-state index contributed by atoms with van der Waals surface area (Å²) >= 11 is 0. The van der Waals surface area contributed by atoms with Gasteiger partial charge in [0, 0.05) is 46.7 Å². The number of aromatic nitrogens is 4. The third kappa shape index (κ3) is 7.96. The van der Waals surface area contributed by atoms with Crippen molar-refractivity contribution >= 4 is 29.7 Å². The zero-order valence-corrected chi connectivity index (χ0v) is 30.9. The molecule has 8 rings (SSSR count). The third-order valence-corrected chi connectivity index (χ3v) is 10.8. The Kier molecular flexibility index (Phi) is 13.0. The fraction of sp³-hybridized carbons (Fsp3) is 0.703. The summed E-state index contributed by atoms with van der Waals surface area (Å²) in [4.78, 5) is 54.8. The first-order valence-electron chi connectivity index (χ1n) is 18.3. The maximum absolute atomic E-state index is 11.6. The maximum Gasteiger partial charge on any atom is 0.417 e. The van der Waals surface area contributed by atoms with Gasteiger partial charge in [-0.2, -0.15) is 10.2 Å². The normalized spacial score (nSPS) is 28.7. The van der Waals surface area contributed by atoms with Gasteiger partial charge >= 0.3 is 23.9 Å². The number of hydrogen-bond donors (Lipinski definition) is 2. The Morgan fingerprint density at radius 3 is 1.30 bits per heavy atom. The molecule has 0 spiro atoms. The fourth-order valence-electron chi connectivity index (χ4n) is 7.98. The second-order valence-electron chi connectivity index (χ2n) is 13.4. The van der Waals surface area contributed by atoms with Crippen molar-refractivity contribution in [1.82, 2.24) is 20.4 Å². The van der Waals surface area contributed by atoms with Crippen molar-refractivity contribution in [3.8, 4) is 0 Å². The van der Waals surface area contributed by atoms with Crippen molar-refractivity contribution in [2.45, 2.75) is 99.8 Å². The molecule has 13 nitrogen and oxygen atoms in total. The molecule has 2 heterocycles. The number of esters is 4. The van der Waals surface area contributed by atoms with Crippen LogP contribution in [-0.4, -0.2) is 76.5 Å². The number of fused-ring (bicyclic) bond motifs is 7. The molecule has 1 unspecified atom stereocenters. The molecule has 4 fully saturated rings. The maximum atomic E-state index is 11.6. The van der Waals surface area contributed by atoms with E-state index >= 15 is 0 Å². The number of nitrogens with zero attached hydrogens (tertiary/aromatic N) is 2. The van der Waals surface area contributed by atoms with E-state index in [4.69, 9.17) is 9.47 Å². The largest absolute Gasteiger partial charge is 0.461 e. The molecule has 50 heavy (non-hydrogen) atoms. The van der Waals surface area contributed by atoms with E-state index < -0.39 is 11.9 Å². The van der Waals surface area contributed by atoms with E-state index in [1.807, 2.05) is 27.7 Å². The summed E-state index contributed by atoms with van der Waals surface area (Å²) in [6, 6.07) is 0. The Balaban J connectivity index is 0.000000152. The van der Waals surface area contributed by atoms with Crippen molar-refractivity contribution in [2.24, 2.45) is 41.4 Å². The summed E-state index contributed by atoms with van der Waals surface area (Å²) in [5.74, 6) is 4.40. The van der Waals surface area contributed by atoms with Crippen LogP contribution in [0, 0.1) is 41.4 Å². The number of Topliss-reactive ketones (excluding diaryl/α,β-unsaturated/α-hetero) is 1. The summed E-state index contributed by atoms with van der Waals surface area (Å²) < 4.78 is 18.6. The monoisotopic (exact) mass is 698 g/mol. The van der Waals surface area contributed by atoms with Gasteiger partial charge in [-0.25, -0.2) is 19.2 Å². The van der Waals surface area contributed by atoms with Crippen molar-refractivity contribution < 1.29 is 42.9 Å². The molecule has 0 saturated heterocycles. The molecular weight excluding hydrogens is 644 g/mol. The minimum absolute atomic E-state index is 0.192. The summed E-state index contributed by atoms with van der Waals surface area (Å²) in [5, 5.41) is 14.1. The van der Waals surface area contributed by atoms with Crippen LogP contribution in [0.4, 0.5) is 0 Å². The van der Waals surface area contributed by atoms with Gasteiger partial charge in [-0.05, 0) is 82.5 Å². The van der Waals surface area contributed by atoms with Crippen LogP contribution in [0.2, 0.25) is 0 Å². The Hall–Kier alpha value is -4.03. The van der Waals surface area contributed by atoms with Gasteiger partial charge in [0.1, 0.15) is 5.78 Å². The first-order valence-corrected chi connectivity index (χ1v) is 18.3. The molecule has 0 aromatic carbocycles. The lowest BCUT2D eigenvalue weighted by atomic mass is 10.1. The van der Waals surface area contributed by atoms with Crippen LogP contribution >= 0.6 is 0 Å². The average Bonchev–Trinajstić information content (AvgIpc) is 3.69. The molecule has 13 heteroatoms. The van der Waals surface area contributed by atoms with Gasteiger partial charge in [0.05, 0.1) is 26.4 Å². The van der Waals surface area contributed by atoms with E-state index in [0.717, 1.165) is 65.9 Å². The predicted molar refractivity (Wildman–Crippen MR) is 182 cm³/mol. The van der Waals surface area contributed by atoms with Gasteiger partial charge in [0.2, 0.25) is 0 Å². The number of rotatable bonds is 6. The Bertz CT molecular complexity index is 1450. The number of ether oxygens (including phenoxy) is 4. The minimum atomic E-state index is -0.927. The van der Waals surface area contributed by atoms with Crippen molar-refractivity contribution in [2.75, 3.05) is 26.4 Å². The first-order chi connectivity index (χ1) is 24.0. The molecule has 0 bridgehead atoms. The van der Waals surface area contributed by atoms with Gasteiger partial charge < -0.3 is 18.9 Å². The van der Waals surface area contributed by atoms with Crippen LogP contribution < -0.4 is 0 Å². The number of H-pyrrole nitrogens is 2. The third-order valence-electron chi connectivity index (χ3n) is 10.8. The van der Waals surface area contributed by atoms with Crippen molar-refractivity contribution in [3.05, 3.63) is 33.9 Å². The summed E-state index contributed by atoms with van der Waals surface area (Å²) in [7, 11) is 0. The molecular formula is C37H54N4O9. The van der Waals surface area contributed by atoms with E-state index in [0.29, 0.717) is 48.1 Å². The number of carbonyl (C=O) groups is 5. The van der Waals surface area contributed by atoms with E-state index in [2.05, 4.69) is 50.6 Å². The molecule has 2 N–H and O–H groups in total. The highest BCUT2D eigenvalue weighted by Crippen LogP contribution is 2.61. The van der Waals surface area contributed by atoms with Crippen molar-refractivity contribution in [1.29, 1.82) is 0 Å². The zero-order valence-electron chi connectivity index (χ0n) is 30.9. The molecule has 9 atom stereocenters. The second kappa shape index (κ2) is 16.8. The van der Waals surface area contributed by atoms with Crippen LogP contribution in [0.3, 0.4) is 0 Å². The smallest absolute Gasteiger partial charge is 0.417 e.